The second-order valence-corrected chi connectivity index (χ2v) is 6.62. The molecular weight excluding hydrogens is 296 g/mol. The summed E-state index contributed by atoms with van der Waals surface area (Å²) < 4.78 is 0. The second kappa shape index (κ2) is 6.86. The Morgan fingerprint density at radius 1 is 1.35 bits per heavy atom. The van der Waals surface area contributed by atoms with Gasteiger partial charge in [0.05, 0.1) is 0 Å². The highest BCUT2D eigenvalue weighted by Crippen LogP contribution is 2.26. The Balaban J connectivity index is 2.10. The highest BCUT2D eigenvalue weighted by atomic mass is 16.2. The number of hydrogen-bond acceptors (Lipinski definition) is 4. The zero-order valence-electron chi connectivity index (χ0n) is 14.3. The van der Waals surface area contributed by atoms with Gasteiger partial charge in [-0.3, -0.25) is 14.5 Å². The van der Waals surface area contributed by atoms with Gasteiger partial charge >= 0.3 is 6.03 Å². The standard InChI is InChI=1S/C16H28N4O3/c1-4-16(5-2)14(22)20(15(23)18-16)10-13(21)19-9-7-6-8-12(19)11(3)17/h11-12H,4-10,17H2,1-3H3,(H,18,23). The molecular formula is C16H28N4O3. The maximum atomic E-state index is 12.6. The topological polar surface area (TPSA) is 95.7 Å². The number of carbonyl (C=O) groups excluding carboxylic acids is 3. The van der Waals surface area contributed by atoms with Crippen molar-refractivity contribution in [2.24, 2.45) is 5.73 Å². The number of nitrogens with two attached hydrogens (primary N) is 1. The van der Waals surface area contributed by atoms with Crippen LogP contribution in [0.4, 0.5) is 4.79 Å². The third-order valence-corrected chi connectivity index (χ3v) is 5.22. The minimum Gasteiger partial charge on any atom is -0.337 e. The molecule has 130 valence electrons. The fourth-order valence-electron chi connectivity index (χ4n) is 3.59. The monoisotopic (exact) mass is 324 g/mol. The van der Waals surface area contributed by atoms with E-state index >= 15 is 0 Å². The molecule has 0 radical (unpaired) electrons. The molecule has 0 spiro atoms. The predicted molar refractivity (Wildman–Crippen MR) is 86.6 cm³/mol. The first-order chi connectivity index (χ1) is 10.9. The molecule has 7 heteroatoms. The fraction of sp³-hybridized carbons (Fsp3) is 0.812. The van der Waals surface area contributed by atoms with E-state index in [2.05, 4.69) is 5.32 Å². The van der Waals surface area contributed by atoms with Crippen LogP contribution in [-0.4, -0.2) is 58.4 Å². The van der Waals surface area contributed by atoms with Crippen LogP contribution in [0, 0.1) is 0 Å². The summed E-state index contributed by atoms with van der Waals surface area (Å²) in [5.41, 5.74) is 5.13. The molecule has 7 nitrogen and oxygen atoms in total. The van der Waals surface area contributed by atoms with E-state index in [4.69, 9.17) is 5.73 Å². The van der Waals surface area contributed by atoms with E-state index in [1.165, 1.54) is 0 Å². The molecule has 2 unspecified atom stereocenters. The van der Waals surface area contributed by atoms with Gasteiger partial charge in [-0.1, -0.05) is 13.8 Å². The summed E-state index contributed by atoms with van der Waals surface area (Å²) in [6.07, 6.45) is 3.89. The number of imide groups is 1. The van der Waals surface area contributed by atoms with E-state index in [-0.39, 0.29) is 30.4 Å². The summed E-state index contributed by atoms with van der Waals surface area (Å²) in [4.78, 5) is 40.2. The average molecular weight is 324 g/mol. The number of piperidine rings is 1. The molecule has 2 saturated heterocycles. The lowest BCUT2D eigenvalue weighted by Gasteiger charge is -2.38. The molecule has 2 heterocycles. The lowest BCUT2D eigenvalue weighted by Crippen LogP contribution is -2.54. The van der Waals surface area contributed by atoms with Crippen molar-refractivity contribution in [2.45, 2.75) is 70.5 Å². The van der Waals surface area contributed by atoms with Gasteiger partial charge in [-0.05, 0) is 39.0 Å². The van der Waals surface area contributed by atoms with Crippen LogP contribution in [0.2, 0.25) is 0 Å². The van der Waals surface area contributed by atoms with Gasteiger partial charge < -0.3 is 16.0 Å². The second-order valence-electron chi connectivity index (χ2n) is 6.62. The number of nitrogens with one attached hydrogen (secondary N) is 1. The number of amides is 4. The van der Waals surface area contributed by atoms with Crippen LogP contribution in [0.5, 0.6) is 0 Å². The smallest absolute Gasteiger partial charge is 0.325 e. The SMILES string of the molecule is CCC1(CC)NC(=O)N(CC(=O)N2CCCCC2C(C)N)C1=O. The summed E-state index contributed by atoms with van der Waals surface area (Å²) >= 11 is 0. The van der Waals surface area contributed by atoms with Crippen molar-refractivity contribution in [3.63, 3.8) is 0 Å². The van der Waals surface area contributed by atoms with E-state index in [1.54, 1.807) is 4.90 Å². The van der Waals surface area contributed by atoms with Gasteiger partial charge in [-0.2, -0.15) is 0 Å². The van der Waals surface area contributed by atoms with Gasteiger partial charge in [0.2, 0.25) is 5.91 Å². The number of likely N-dealkylation sites (tertiary alicyclic amines) is 1. The summed E-state index contributed by atoms with van der Waals surface area (Å²) in [5.74, 6) is -0.492. The first-order valence-corrected chi connectivity index (χ1v) is 8.55. The van der Waals surface area contributed by atoms with E-state index in [0.717, 1.165) is 24.2 Å². The Hall–Kier alpha value is -1.63. The summed E-state index contributed by atoms with van der Waals surface area (Å²) in [7, 11) is 0. The molecule has 0 aliphatic carbocycles. The van der Waals surface area contributed by atoms with Crippen LogP contribution in [0.1, 0.15) is 52.9 Å². The Morgan fingerprint density at radius 2 is 2.00 bits per heavy atom. The van der Waals surface area contributed by atoms with Crippen LogP contribution in [0.25, 0.3) is 0 Å². The Bertz CT molecular complexity index is 488. The Morgan fingerprint density at radius 3 is 2.52 bits per heavy atom. The van der Waals surface area contributed by atoms with Crippen LogP contribution >= 0.6 is 0 Å². The Labute approximate surface area is 137 Å². The predicted octanol–water partition coefficient (Wildman–Crippen LogP) is 0.825. The van der Waals surface area contributed by atoms with Gasteiger partial charge in [-0.15, -0.1) is 0 Å². The van der Waals surface area contributed by atoms with E-state index in [1.807, 2.05) is 20.8 Å². The van der Waals surface area contributed by atoms with Crippen molar-refractivity contribution in [2.75, 3.05) is 13.1 Å². The molecule has 0 aromatic rings. The molecule has 0 bridgehead atoms. The van der Waals surface area contributed by atoms with Crippen molar-refractivity contribution in [1.82, 2.24) is 15.1 Å². The summed E-state index contributed by atoms with van der Waals surface area (Å²) in [6, 6.07) is -0.603. The minimum absolute atomic E-state index is 0.0147. The number of urea groups is 1. The molecule has 3 N–H and O–H groups in total. The molecule has 0 aromatic carbocycles. The highest BCUT2D eigenvalue weighted by Gasteiger charge is 2.49. The van der Waals surface area contributed by atoms with Crippen molar-refractivity contribution in [1.29, 1.82) is 0 Å². The lowest BCUT2D eigenvalue weighted by molar-refractivity contribution is -0.141. The van der Waals surface area contributed by atoms with E-state index in [9.17, 15) is 14.4 Å². The van der Waals surface area contributed by atoms with Gasteiger partial charge in [-0.25, -0.2) is 4.79 Å². The zero-order chi connectivity index (χ0) is 17.2. The van der Waals surface area contributed by atoms with Gasteiger partial charge in [0.25, 0.3) is 5.91 Å². The summed E-state index contributed by atoms with van der Waals surface area (Å²) in [5, 5.41) is 2.75. The molecule has 0 saturated carbocycles. The quantitative estimate of drug-likeness (QED) is 0.732. The molecule has 4 amide bonds. The van der Waals surface area contributed by atoms with Crippen molar-refractivity contribution in [3.8, 4) is 0 Å². The first kappa shape index (κ1) is 17.7. The number of hydrogen-bond donors (Lipinski definition) is 2. The normalized spacial score (nSPS) is 25.5. The number of nitrogens with zero attached hydrogens (tertiary/aromatic N) is 2. The number of carbonyl (C=O) groups is 3. The van der Waals surface area contributed by atoms with Crippen molar-refractivity contribution in [3.05, 3.63) is 0 Å². The van der Waals surface area contributed by atoms with Crippen molar-refractivity contribution < 1.29 is 14.4 Å². The van der Waals surface area contributed by atoms with Crippen LogP contribution in [0.15, 0.2) is 0 Å². The highest BCUT2D eigenvalue weighted by molar-refractivity contribution is 6.09. The molecule has 23 heavy (non-hydrogen) atoms. The molecule has 2 rings (SSSR count). The lowest BCUT2D eigenvalue weighted by atomic mass is 9.93. The van der Waals surface area contributed by atoms with Gasteiger partial charge in [0.1, 0.15) is 12.1 Å². The Kier molecular flexibility index (Phi) is 5.29. The molecule has 2 aliphatic rings. The van der Waals surface area contributed by atoms with Gasteiger partial charge in [0.15, 0.2) is 0 Å². The number of rotatable bonds is 5. The van der Waals surface area contributed by atoms with E-state index < -0.39 is 11.6 Å². The molecule has 0 aromatic heterocycles. The third-order valence-electron chi connectivity index (χ3n) is 5.22. The molecule has 2 fully saturated rings. The molecule has 2 aliphatic heterocycles. The fourth-order valence-corrected chi connectivity index (χ4v) is 3.59. The third kappa shape index (κ3) is 3.20. The maximum absolute atomic E-state index is 12.6. The maximum Gasteiger partial charge on any atom is 0.325 e. The first-order valence-electron chi connectivity index (χ1n) is 8.55. The zero-order valence-corrected chi connectivity index (χ0v) is 14.3. The van der Waals surface area contributed by atoms with E-state index in [0.29, 0.717) is 19.4 Å². The average Bonchev–Trinajstić information content (AvgIpc) is 2.79. The van der Waals surface area contributed by atoms with Crippen LogP contribution in [0.3, 0.4) is 0 Å². The van der Waals surface area contributed by atoms with Crippen LogP contribution < -0.4 is 11.1 Å². The summed E-state index contributed by atoms with van der Waals surface area (Å²) in [6.45, 7) is 6.06. The van der Waals surface area contributed by atoms with Crippen molar-refractivity contribution >= 4 is 17.8 Å². The minimum atomic E-state index is -0.861. The molecule has 2 atom stereocenters. The van der Waals surface area contributed by atoms with Crippen LogP contribution in [-0.2, 0) is 9.59 Å². The van der Waals surface area contributed by atoms with Gasteiger partial charge in [0, 0.05) is 18.6 Å². The largest absolute Gasteiger partial charge is 0.337 e.